The molecular formula is C20H38N4O2. The van der Waals surface area contributed by atoms with E-state index in [1.807, 2.05) is 6.92 Å². The van der Waals surface area contributed by atoms with E-state index in [-0.39, 0.29) is 12.5 Å². The highest BCUT2D eigenvalue weighted by Gasteiger charge is 2.33. The van der Waals surface area contributed by atoms with Crippen LogP contribution in [-0.2, 0) is 9.53 Å². The van der Waals surface area contributed by atoms with Crippen molar-refractivity contribution in [1.29, 1.82) is 0 Å². The largest absolute Gasteiger partial charge is 0.382 e. The third-order valence-electron chi connectivity index (χ3n) is 5.89. The molecule has 2 aliphatic carbocycles. The molecule has 0 bridgehead atoms. The van der Waals surface area contributed by atoms with E-state index in [9.17, 15) is 4.79 Å². The fourth-order valence-electron chi connectivity index (χ4n) is 4.25. The van der Waals surface area contributed by atoms with Crippen LogP contribution < -0.4 is 16.0 Å². The van der Waals surface area contributed by atoms with Crippen LogP contribution >= 0.6 is 0 Å². The number of carbonyl (C=O) groups is 1. The summed E-state index contributed by atoms with van der Waals surface area (Å²) < 4.78 is 5.58. The number of hydrogen-bond acceptors (Lipinski definition) is 3. The van der Waals surface area contributed by atoms with E-state index < -0.39 is 0 Å². The summed E-state index contributed by atoms with van der Waals surface area (Å²) >= 11 is 0. The van der Waals surface area contributed by atoms with Crippen molar-refractivity contribution in [2.45, 2.75) is 77.2 Å². The summed E-state index contributed by atoms with van der Waals surface area (Å²) in [5, 5.41) is 9.74. The third kappa shape index (κ3) is 7.14. The highest BCUT2D eigenvalue weighted by Crippen LogP contribution is 2.40. The molecule has 0 saturated heterocycles. The number of amides is 1. The lowest BCUT2D eigenvalue weighted by Crippen LogP contribution is -2.48. The molecule has 0 heterocycles. The first-order chi connectivity index (χ1) is 12.7. The van der Waals surface area contributed by atoms with E-state index in [0.717, 1.165) is 39.0 Å². The second-order valence-electron chi connectivity index (χ2n) is 7.84. The van der Waals surface area contributed by atoms with Crippen LogP contribution in [0.15, 0.2) is 4.99 Å². The van der Waals surface area contributed by atoms with Gasteiger partial charge in [0.2, 0.25) is 5.91 Å². The standard InChI is InChI=1S/C20H38N4O2/c1-3-26-14-13-20(11-7-8-12-20)16-23-19(21-2)22-15-18(25)24-17-9-5-4-6-10-17/h17H,3-16H2,1-2H3,(H,24,25)(H2,21,22,23). The van der Waals surface area contributed by atoms with Crippen LogP contribution in [0.1, 0.15) is 71.1 Å². The van der Waals surface area contributed by atoms with Gasteiger partial charge >= 0.3 is 0 Å². The Hall–Kier alpha value is -1.30. The Kier molecular flexibility index (Phi) is 9.23. The fourth-order valence-corrected chi connectivity index (χ4v) is 4.25. The zero-order chi connectivity index (χ0) is 18.7. The zero-order valence-electron chi connectivity index (χ0n) is 16.7. The SMILES string of the molecule is CCOCCC1(CNC(=NC)NCC(=O)NC2CCCCC2)CCCC1. The first kappa shape index (κ1) is 21.0. The van der Waals surface area contributed by atoms with Gasteiger partial charge in [0.05, 0.1) is 6.54 Å². The first-order valence-corrected chi connectivity index (χ1v) is 10.5. The third-order valence-corrected chi connectivity index (χ3v) is 5.89. The Balaban J connectivity index is 1.71. The molecule has 3 N–H and O–H groups in total. The van der Waals surface area contributed by atoms with Gasteiger partial charge in [0.15, 0.2) is 5.96 Å². The molecule has 0 aromatic carbocycles. The first-order valence-electron chi connectivity index (χ1n) is 10.5. The van der Waals surface area contributed by atoms with Crippen molar-refractivity contribution in [3.05, 3.63) is 0 Å². The molecule has 0 radical (unpaired) electrons. The summed E-state index contributed by atoms with van der Waals surface area (Å²) in [4.78, 5) is 16.4. The predicted molar refractivity (Wildman–Crippen MR) is 106 cm³/mol. The second kappa shape index (κ2) is 11.4. The minimum Gasteiger partial charge on any atom is -0.382 e. The predicted octanol–water partition coefficient (Wildman–Crippen LogP) is 2.59. The van der Waals surface area contributed by atoms with E-state index in [0.29, 0.717) is 17.4 Å². The Morgan fingerprint density at radius 2 is 1.85 bits per heavy atom. The van der Waals surface area contributed by atoms with Crippen LogP contribution in [0.25, 0.3) is 0 Å². The summed E-state index contributed by atoms with van der Waals surface area (Å²) in [7, 11) is 1.76. The molecule has 2 fully saturated rings. The van der Waals surface area contributed by atoms with Crippen LogP contribution in [-0.4, -0.2) is 51.3 Å². The number of guanidine groups is 1. The summed E-state index contributed by atoms with van der Waals surface area (Å²) in [5.74, 6) is 0.776. The zero-order valence-corrected chi connectivity index (χ0v) is 16.7. The number of nitrogens with one attached hydrogen (secondary N) is 3. The van der Waals surface area contributed by atoms with E-state index in [1.165, 1.54) is 44.9 Å². The highest BCUT2D eigenvalue weighted by molar-refractivity contribution is 5.86. The van der Waals surface area contributed by atoms with Crippen molar-refractivity contribution in [2.75, 3.05) is 33.4 Å². The maximum atomic E-state index is 12.2. The highest BCUT2D eigenvalue weighted by atomic mass is 16.5. The molecule has 26 heavy (non-hydrogen) atoms. The van der Waals surface area contributed by atoms with E-state index in [2.05, 4.69) is 20.9 Å². The second-order valence-corrected chi connectivity index (χ2v) is 7.84. The van der Waals surface area contributed by atoms with Crippen molar-refractivity contribution in [3.63, 3.8) is 0 Å². The maximum absolute atomic E-state index is 12.2. The maximum Gasteiger partial charge on any atom is 0.239 e. The number of rotatable bonds is 9. The molecule has 0 spiro atoms. The summed E-state index contributed by atoms with van der Waals surface area (Å²) in [6, 6.07) is 0.355. The van der Waals surface area contributed by atoms with E-state index >= 15 is 0 Å². The number of aliphatic imine (C=N–C) groups is 1. The fraction of sp³-hybridized carbons (Fsp3) is 0.900. The van der Waals surface area contributed by atoms with Crippen LogP contribution in [0, 0.1) is 5.41 Å². The Morgan fingerprint density at radius 1 is 1.12 bits per heavy atom. The van der Waals surface area contributed by atoms with E-state index in [1.54, 1.807) is 7.05 Å². The molecule has 1 amide bonds. The minimum absolute atomic E-state index is 0.0618. The van der Waals surface area contributed by atoms with Crippen molar-refractivity contribution < 1.29 is 9.53 Å². The lowest BCUT2D eigenvalue weighted by Gasteiger charge is -2.30. The average Bonchev–Trinajstić information content (AvgIpc) is 3.12. The van der Waals surface area contributed by atoms with Gasteiger partial charge in [0.25, 0.3) is 0 Å². The molecule has 150 valence electrons. The van der Waals surface area contributed by atoms with Crippen molar-refractivity contribution in [1.82, 2.24) is 16.0 Å². The summed E-state index contributed by atoms with van der Waals surface area (Å²) in [5.41, 5.74) is 0.303. The van der Waals surface area contributed by atoms with Gasteiger partial charge in [-0.2, -0.15) is 0 Å². The van der Waals surface area contributed by atoms with E-state index in [4.69, 9.17) is 4.74 Å². The molecule has 0 unspecified atom stereocenters. The summed E-state index contributed by atoms with van der Waals surface area (Å²) in [6.45, 7) is 4.83. The summed E-state index contributed by atoms with van der Waals surface area (Å²) in [6.07, 6.45) is 12.1. The molecule has 2 rings (SSSR count). The molecule has 6 heteroatoms. The van der Waals surface area contributed by atoms with Gasteiger partial charge in [-0.15, -0.1) is 0 Å². The topological polar surface area (TPSA) is 74.8 Å². The van der Waals surface area contributed by atoms with Gasteiger partial charge in [0.1, 0.15) is 0 Å². The van der Waals surface area contributed by atoms with Gasteiger partial charge in [-0.3, -0.25) is 9.79 Å². The number of ether oxygens (including phenoxy) is 1. The average molecular weight is 367 g/mol. The van der Waals surface area contributed by atoms with Gasteiger partial charge in [0, 0.05) is 32.8 Å². The molecule has 0 atom stereocenters. The molecule has 0 aliphatic heterocycles. The van der Waals surface area contributed by atoms with Crippen LogP contribution in [0.2, 0.25) is 0 Å². The van der Waals surface area contributed by atoms with Crippen molar-refractivity contribution in [3.8, 4) is 0 Å². The quantitative estimate of drug-likeness (QED) is 0.333. The normalized spacial score (nSPS) is 20.8. The molecule has 6 nitrogen and oxygen atoms in total. The Bertz CT molecular complexity index is 441. The Labute approximate surface area is 158 Å². The Morgan fingerprint density at radius 3 is 2.50 bits per heavy atom. The molecule has 0 aromatic rings. The van der Waals surface area contributed by atoms with Gasteiger partial charge in [-0.1, -0.05) is 32.1 Å². The van der Waals surface area contributed by atoms with Crippen molar-refractivity contribution in [2.24, 2.45) is 10.4 Å². The monoisotopic (exact) mass is 366 g/mol. The molecule has 2 saturated carbocycles. The molecule has 0 aromatic heterocycles. The number of hydrogen-bond donors (Lipinski definition) is 3. The minimum atomic E-state index is 0.0618. The van der Waals surface area contributed by atoms with Gasteiger partial charge < -0.3 is 20.7 Å². The number of carbonyl (C=O) groups excluding carboxylic acids is 1. The van der Waals surface area contributed by atoms with Crippen LogP contribution in [0.3, 0.4) is 0 Å². The lowest BCUT2D eigenvalue weighted by atomic mass is 9.83. The molecular weight excluding hydrogens is 328 g/mol. The smallest absolute Gasteiger partial charge is 0.239 e. The van der Waals surface area contributed by atoms with Crippen LogP contribution in [0.4, 0.5) is 0 Å². The van der Waals surface area contributed by atoms with Crippen LogP contribution in [0.5, 0.6) is 0 Å². The molecule has 2 aliphatic rings. The van der Waals surface area contributed by atoms with Gasteiger partial charge in [-0.25, -0.2) is 0 Å². The lowest BCUT2D eigenvalue weighted by molar-refractivity contribution is -0.120. The van der Waals surface area contributed by atoms with Gasteiger partial charge in [-0.05, 0) is 44.4 Å². The number of nitrogens with zero attached hydrogens (tertiary/aromatic N) is 1. The van der Waals surface area contributed by atoms with Crippen molar-refractivity contribution >= 4 is 11.9 Å².